The van der Waals surface area contributed by atoms with E-state index < -0.39 is 59.6 Å². The zero-order valence-electron chi connectivity index (χ0n) is 35.4. The lowest BCUT2D eigenvalue weighted by atomic mass is 9.73. The molecule has 14 heteroatoms. The van der Waals surface area contributed by atoms with Crippen molar-refractivity contribution in [2.24, 2.45) is 5.41 Å². The van der Waals surface area contributed by atoms with E-state index in [1.54, 1.807) is 6.92 Å². The van der Waals surface area contributed by atoms with E-state index in [1.807, 2.05) is 56.3 Å². The molecule has 326 valence electrons. The maximum absolute atomic E-state index is 13.9. The number of cyclic esters (lactones) is 1. The van der Waals surface area contributed by atoms with Gasteiger partial charge in [0, 0.05) is 54.3 Å². The van der Waals surface area contributed by atoms with E-state index in [4.69, 9.17) is 47.2 Å². The molecule has 6 bridgehead atoms. The highest BCUT2D eigenvalue weighted by Gasteiger charge is 2.59. The predicted octanol–water partition coefficient (Wildman–Crippen LogP) is 7.18. The summed E-state index contributed by atoms with van der Waals surface area (Å²) in [6.07, 6.45) is 4.30. The number of hydrogen-bond acceptors (Lipinski definition) is 13. The second kappa shape index (κ2) is 21.5. The Morgan fingerprint density at radius 1 is 0.932 bits per heavy atom. The van der Waals surface area contributed by atoms with Crippen molar-refractivity contribution in [3.63, 3.8) is 0 Å². The number of carbonyl (C=O) groups is 3. The Bertz CT molecular complexity index is 1680. The third kappa shape index (κ3) is 12.9. The SMILES string of the molecule is C=C1CC2C[C@@H](OP)CC(=O)O[C@@H]([C@@H](C)OCOCc3ccccc3)C[C@@H]3C/C(=C\C(=O)OC)[C@H](OC(C)=O)[C@@](OC)(O3)C(C)(C)/C=C/[C@H]3CC(=C)C[C@@H](C[C@@H](C1)O2)O3. The van der Waals surface area contributed by atoms with Crippen molar-refractivity contribution in [1.29, 1.82) is 0 Å². The highest BCUT2D eigenvalue weighted by atomic mass is 31.0. The highest BCUT2D eigenvalue weighted by Crippen LogP contribution is 2.49. The summed E-state index contributed by atoms with van der Waals surface area (Å²) >= 11 is 0. The Balaban J connectivity index is 1.53. The Labute approximate surface area is 351 Å². The van der Waals surface area contributed by atoms with E-state index >= 15 is 0 Å². The number of rotatable bonds is 10. The number of hydrogen-bond donors (Lipinski definition) is 0. The molecule has 59 heavy (non-hydrogen) atoms. The summed E-state index contributed by atoms with van der Waals surface area (Å²) in [4.78, 5) is 39.6. The minimum atomic E-state index is -1.69. The third-order valence-corrected chi connectivity index (χ3v) is 11.8. The molecule has 0 radical (unpaired) electrons. The summed E-state index contributed by atoms with van der Waals surface area (Å²) in [7, 11) is 5.02. The molecule has 1 aromatic rings. The van der Waals surface area contributed by atoms with Gasteiger partial charge in [-0.25, -0.2) is 4.79 Å². The molecule has 13 nitrogen and oxygen atoms in total. The van der Waals surface area contributed by atoms with Crippen LogP contribution >= 0.6 is 9.47 Å². The molecule has 0 aliphatic carbocycles. The van der Waals surface area contributed by atoms with Crippen LogP contribution in [0.15, 0.2) is 78.4 Å². The van der Waals surface area contributed by atoms with Crippen LogP contribution in [0, 0.1) is 5.41 Å². The molecule has 0 saturated carbocycles. The van der Waals surface area contributed by atoms with Crippen LogP contribution < -0.4 is 0 Å². The van der Waals surface area contributed by atoms with E-state index in [0.717, 1.165) is 16.7 Å². The molecule has 0 amide bonds. The number of fused-ring (bicyclic) bond motifs is 6. The van der Waals surface area contributed by atoms with Gasteiger partial charge in [-0.05, 0) is 50.2 Å². The van der Waals surface area contributed by atoms with E-state index in [9.17, 15) is 14.4 Å². The summed E-state index contributed by atoms with van der Waals surface area (Å²) in [6.45, 7) is 15.8. The average Bonchev–Trinajstić information content (AvgIpc) is 3.18. The lowest BCUT2D eigenvalue weighted by molar-refractivity contribution is -0.338. The number of ether oxygens (including phenoxy) is 9. The summed E-state index contributed by atoms with van der Waals surface area (Å²) in [5.41, 5.74) is 2.49. The van der Waals surface area contributed by atoms with Gasteiger partial charge in [0.25, 0.3) is 0 Å². The van der Waals surface area contributed by atoms with Gasteiger partial charge >= 0.3 is 17.9 Å². The fraction of sp³-hybridized carbons (Fsp3) is 0.622. The van der Waals surface area contributed by atoms with E-state index in [2.05, 4.69) is 22.6 Å². The zero-order chi connectivity index (χ0) is 42.7. The molecule has 0 aromatic heterocycles. The Kier molecular flexibility index (Phi) is 17.1. The monoisotopic (exact) mass is 842 g/mol. The van der Waals surface area contributed by atoms with Crippen molar-refractivity contribution in [3.05, 3.63) is 84.0 Å². The number of carbonyl (C=O) groups excluding carboxylic acids is 3. The van der Waals surface area contributed by atoms with Crippen molar-refractivity contribution in [1.82, 2.24) is 0 Å². The molecular formula is C45H63O13P. The van der Waals surface area contributed by atoms with Gasteiger partial charge in [-0.15, -0.1) is 0 Å². The average molecular weight is 843 g/mol. The zero-order valence-corrected chi connectivity index (χ0v) is 36.5. The topological polar surface area (TPSA) is 144 Å². The number of methoxy groups -OCH3 is 2. The smallest absolute Gasteiger partial charge is 0.330 e. The van der Waals surface area contributed by atoms with E-state index in [1.165, 1.54) is 27.2 Å². The fourth-order valence-electron chi connectivity index (χ4n) is 8.56. The van der Waals surface area contributed by atoms with Gasteiger partial charge in [0.15, 0.2) is 6.10 Å². The Morgan fingerprint density at radius 3 is 2.27 bits per heavy atom. The second-order valence-corrected chi connectivity index (χ2v) is 16.9. The number of esters is 3. The van der Waals surface area contributed by atoms with E-state index in [0.29, 0.717) is 50.7 Å². The molecule has 1 aromatic carbocycles. The quantitative estimate of drug-likeness (QED) is 0.0447. The van der Waals surface area contributed by atoms with Crippen molar-refractivity contribution in [2.45, 2.75) is 153 Å². The van der Waals surface area contributed by atoms with Gasteiger partial charge in [0.2, 0.25) is 5.79 Å². The van der Waals surface area contributed by atoms with Gasteiger partial charge in [0.1, 0.15) is 12.9 Å². The molecule has 5 rings (SSSR count). The van der Waals surface area contributed by atoms with Crippen LogP contribution in [0.5, 0.6) is 0 Å². The third-order valence-electron chi connectivity index (χ3n) is 11.5. The van der Waals surface area contributed by atoms with Crippen molar-refractivity contribution in [3.8, 4) is 0 Å². The van der Waals surface area contributed by atoms with Crippen molar-refractivity contribution < 1.29 is 61.5 Å². The molecule has 4 heterocycles. The van der Waals surface area contributed by atoms with Crippen LogP contribution in [0.4, 0.5) is 0 Å². The van der Waals surface area contributed by atoms with Gasteiger partial charge in [-0.3, -0.25) is 9.59 Å². The molecule has 3 fully saturated rings. The van der Waals surface area contributed by atoms with Gasteiger partial charge in [0.05, 0.1) is 62.9 Å². The number of benzene rings is 1. The van der Waals surface area contributed by atoms with Crippen LogP contribution in [-0.4, -0.2) is 99.6 Å². The summed E-state index contributed by atoms with van der Waals surface area (Å²) in [5, 5.41) is 0. The van der Waals surface area contributed by atoms with E-state index in [-0.39, 0.29) is 50.5 Å². The lowest BCUT2D eigenvalue weighted by Gasteiger charge is -2.53. The van der Waals surface area contributed by atoms with Gasteiger partial charge < -0.3 is 47.2 Å². The first-order valence-corrected chi connectivity index (χ1v) is 20.9. The maximum atomic E-state index is 13.9. The van der Waals surface area contributed by atoms with Crippen LogP contribution in [0.25, 0.3) is 0 Å². The molecule has 4 aliphatic heterocycles. The molecular weight excluding hydrogens is 779 g/mol. The molecule has 0 spiro atoms. The summed E-state index contributed by atoms with van der Waals surface area (Å²) in [5.74, 6) is -3.45. The summed E-state index contributed by atoms with van der Waals surface area (Å²) < 4.78 is 61.6. The minimum Gasteiger partial charge on any atom is -0.466 e. The Hall–Kier alpha value is -3.26. The standard InChI is InChI=1S/C45H63O13P/c1-28-16-34-14-15-44(5,6)45(50-8)43(53-31(4)46)33(21-41(47)49-7)20-38(57-45)24-40(30(3)52-27-51-26-32-12-10-9-11-13-32)56-42(48)25-39(58-59)23-37-19-29(2)18-36(55-37)22-35(17-28)54-34/h9-15,21,30,34-40,43H,1-2,16-20,22-27,59H2,3-8H3/b15-14+,33-21+/t30-,34+,35+,36-,37?,38+,39-,40-,43+,45-/m1/s1. The predicted molar refractivity (Wildman–Crippen MR) is 221 cm³/mol. The highest BCUT2D eigenvalue weighted by molar-refractivity contribution is 7.09. The van der Waals surface area contributed by atoms with Crippen molar-refractivity contribution >= 4 is 27.4 Å². The van der Waals surface area contributed by atoms with Crippen LogP contribution in [-0.2, 0) is 68.1 Å². The molecule has 3 saturated heterocycles. The molecule has 11 atom stereocenters. The molecule has 2 unspecified atom stereocenters. The van der Waals surface area contributed by atoms with Crippen LogP contribution in [0.2, 0.25) is 0 Å². The Morgan fingerprint density at radius 2 is 1.61 bits per heavy atom. The second-order valence-electron chi connectivity index (χ2n) is 16.6. The first-order valence-electron chi connectivity index (χ1n) is 20.4. The van der Waals surface area contributed by atoms with Gasteiger partial charge in [-0.1, -0.05) is 80.6 Å². The maximum Gasteiger partial charge on any atom is 0.330 e. The van der Waals surface area contributed by atoms with Gasteiger partial charge in [-0.2, -0.15) is 0 Å². The van der Waals surface area contributed by atoms with Crippen LogP contribution in [0.1, 0.15) is 91.0 Å². The first kappa shape index (κ1) is 46.8. The molecule has 0 N–H and O–H groups in total. The normalized spacial score (nSPS) is 33.6. The fourth-order valence-corrected chi connectivity index (χ4v) is 8.77. The largest absolute Gasteiger partial charge is 0.466 e. The summed E-state index contributed by atoms with van der Waals surface area (Å²) in [6, 6.07) is 9.70. The molecule has 4 aliphatic rings. The van der Waals surface area contributed by atoms with Crippen molar-refractivity contribution in [2.75, 3.05) is 21.0 Å². The first-order chi connectivity index (χ1) is 28.1. The minimum absolute atomic E-state index is 0.0607. The van der Waals surface area contributed by atoms with Crippen LogP contribution in [0.3, 0.4) is 0 Å². The lowest BCUT2D eigenvalue weighted by Crippen LogP contribution is -2.63.